The van der Waals surface area contributed by atoms with Crippen molar-refractivity contribution in [3.05, 3.63) is 21.7 Å². The van der Waals surface area contributed by atoms with E-state index in [1.807, 2.05) is 6.07 Å². The second-order valence-corrected chi connectivity index (χ2v) is 2.23. The van der Waals surface area contributed by atoms with Crippen molar-refractivity contribution in [2.45, 2.75) is 19.8 Å². The molecule has 0 aliphatic carbocycles. The van der Waals surface area contributed by atoms with E-state index in [0.717, 1.165) is 0 Å². The number of aromatic amines is 1. The number of nitriles is 1. The van der Waals surface area contributed by atoms with Crippen LogP contribution in [0.2, 0.25) is 0 Å². The Hall–Kier alpha value is -1.50. The van der Waals surface area contributed by atoms with Gasteiger partial charge in [0.1, 0.15) is 5.76 Å². The lowest BCUT2D eigenvalue weighted by Gasteiger charge is -1.86. The van der Waals surface area contributed by atoms with Crippen molar-refractivity contribution in [3.8, 4) is 6.07 Å². The molecule has 0 unspecified atom stereocenters. The molecule has 0 fully saturated rings. The highest BCUT2D eigenvalue weighted by molar-refractivity contribution is 5.12. The predicted octanol–water partition coefficient (Wildman–Crippen LogP) is 0.732. The van der Waals surface area contributed by atoms with Gasteiger partial charge in [-0.25, -0.2) is 0 Å². The van der Waals surface area contributed by atoms with E-state index in [0.29, 0.717) is 24.2 Å². The summed E-state index contributed by atoms with van der Waals surface area (Å²) < 4.78 is 4.75. The van der Waals surface area contributed by atoms with Crippen molar-refractivity contribution in [2.75, 3.05) is 0 Å². The van der Waals surface area contributed by atoms with Gasteiger partial charge < -0.3 is 4.52 Å². The molecule has 0 saturated carbocycles. The summed E-state index contributed by atoms with van der Waals surface area (Å²) in [6.07, 6.45) is 0.817. The zero-order chi connectivity index (χ0) is 8.27. The quantitative estimate of drug-likeness (QED) is 0.679. The lowest BCUT2D eigenvalue weighted by atomic mass is 10.1. The summed E-state index contributed by atoms with van der Waals surface area (Å²) >= 11 is 0. The van der Waals surface area contributed by atoms with Crippen LogP contribution in [0.1, 0.15) is 17.7 Å². The standard InChI is InChI=1S/C7H8N2O2/c1-5-6(3-2-4-8)7(10)9-11-5/h2-3H2,1H3,(H,9,10). The van der Waals surface area contributed by atoms with Crippen molar-refractivity contribution in [1.29, 1.82) is 5.26 Å². The van der Waals surface area contributed by atoms with Crippen LogP contribution in [-0.4, -0.2) is 5.16 Å². The van der Waals surface area contributed by atoms with E-state index in [9.17, 15) is 4.79 Å². The molecule has 0 aromatic carbocycles. The Balaban J connectivity index is 2.86. The average Bonchev–Trinajstić information content (AvgIpc) is 2.29. The predicted molar refractivity (Wildman–Crippen MR) is 38.0 cm³/mol. The van der Waals surface area contributed by atoms with Crippen molar-refractivity contribution in [1.82, 2.24) is 5.16 Å². The van der Waals surface area contributed by atoms with Crippen molar-refractivity contribution >= 4 is 0 Å². The van der Waals surface area contributed by atoms with Crippen molar-refractivity contribution < 1.29 is 4.52 Å². The highest BCUT2D eigenvalue weighted by atomic mass is 16.5. The Bertz CT molecular complexity index is 329. The van der Waals surface area contributed by atoms with Gasteiger partial charge in [0.15, 0.2) is 0 Å². The summed E-state index contributed by atoms with van der Waals surface area (Å²) in [6.45, 7) is 1.70. The van der Waals surface area contributed by atoms with Crippen molar-refractivity contribution in [3.63, 3.8) is 0 Å². The molecule has 4 nitrogen and oxygen atoms in total. The number of H-pyrrole nitrogens is 1. The van der Waals surface area contributed by atoms with E-state index in [2.05, 4.69) is 5.16 Å². The Morgan fingerprint density at radius 1 is 1.73 bits per heavy atom. The fourth-order valence-corrected chi connectivity index (χ4v) is 0.876. The molecule has 1 N–H and O–H groups in total. The molecule has 0 saturated heterocycles. The van der Waals surface area contributed by atoms with Crippen LogP contribution in [0, 0.1) is 18.3 Å². The van der Waals surface area contributed by atoms with E-state index in [-0.39, 0.29) is 5.56 Å². The molecule has 4 heteroatoms. The van der Waals surface area contributed by atoms with E-state index < -0.39 is 0 Å². The normalized spacial score (nSPS) is 9.45. The molecule has 1 aromatic heterocycles. The molecule has 0 amide bonds. The van der Waals surface area contributed by atoms with Crippen LogP contribution >= 0.6 is 0 Å². The van der Waals surface area contributed by atoms with Gasteiger partial charge in [0.05, 0.1) is 11.6 Å². The zero-order valence-electron chi connectivity index (χ0n) is 6.18. The summed E-state index contributed by atoms with van der Waals surface area (Å²) in [4.78, 5) is 10.9. The molecule has 1 aromatic rings. The monoisotopic (exact) mass is 152 g/mol. The number of nitrogens with zero attached hydrogens (tertiary/aromatic N) is 1. The van der Waals surface area contributed by atoms with E-state index in [1.165, 1.54) is 0 Å². The van der Waals surface area contributed by atoms with Crippen LogP contribution in [0.3, 0.4) is 0 Å². The topological polar surface area (TPSA) is 69.8 Å². The van der Waals surface area contributed by atoms with Gasteiger partial charge in [-0.05, 0) is 13.3 Å². The van der Waals surface area contributed by atoms with Gasteiger partial charge in [0.25, 0.3) is 5.56 Å². The second kappa shape index (κ2) is 3.06. The third kappa shape index (κ3) is 1.49. The third-order valence-corrected chi connectivity index (χ3v) is 1.48. The number of nitrogens with one attached hydrogen (secondary N) is 1. The first-order valence-corrected chi connectivity index (χ1v) is 3.29. The fourth-order valence-electron chi connectivity index (χ4n) is 0.876. The third-order valence-electron chi connectivity index (χ3n) is 1.48. The first-order valence-electron chi connectivity index (χ1n) is 3.29. The van der Waals surface area contributed by atoms with Gasteiger partial charge in [-0.2, -0.15) is 10.4 Å². The minimum Gasteiger partial charge on any atom is -0.384 e. The molecule has 0 aliphatic heterocycles. The maximum atomic E-state index is 10.9. The summed E-state index contributed by atoms with van der Waals surface area (Å²) in [6, 6.07) is 1.97. The maximum Gasteiger partial charge on any atom is 0.283 e. The molecule has 0 atom stereocenters. The van der Waals surface area contributed by atoms with Crippen LogP contribution < -0.4 is 5.56 Å². The summed E-state index contributed by atoms with van der Waals surface area (Å²) in [5.41, 5.74) is 0.351. The summed E-state index contributed by atoms with van der Waals surface area (Å²) in [7, 11) is 0. The number of aryl methyl sites for hydroxylation is 1. The molecule has 0 spiro atoms. The Morgan fingerprint density at radius 3 is 2.91 bits per heavy atom. The van der Waals surface area contributed by atoms with Gasteiger partial charge in [-0.15, -0.1) is 0 Å². The van der Waals surface area contributed by atoms with Crippen LogP contribution in [0.4, 0.5) is 0 Å². The number of aromatic nitrogens is 1. The zero-order valence-corrected chi connectivity index (χ0v) is 6.18. The Kier molecular flexibility index (Phi) is 2.12. The number of hydrogen-bond acceptors (Lipinski definition) is 3. The Labute approximate surface area is 63.4 Å². The first-order chi connectivity index (χ1) is 5.25. The summed E-state index contributed by atoms with van der Waals surface area (Å²) in [5, 5.41) is 10.5. The van der Waals surface area contributed by atoms with E-state index in [4.69, 9.17) is 9.78 Å². The lowest BCUT2D eigenvalue weighted by Crippen LogP contribution is -2.05. The first kappa shape index (κ1) is 7.61. The van der Waals surface area contributed by atoms with Gasteiger partial charge in [-0.3, -0.25) is 4.79 Å². The maximum absolute atomic E-state index is 10.9. The van der Waals surface area contributed by atoms with Gasteiger partial charge >= 0.3 is 0 Å². The van der Waals surface area contributed by atoms with Crippen LogP contribution in [-0.2, 0) is 6.42 Å². The minimum absolute atomic E-state index is 0.224. The van der Waals surface area contributed by atoms with Crippen molar-refractivity contribution in [2.24, 2.45) is 0 Å². The second-order valence-electron chi connectivity index (χ2n) is 2.23. The molecule has 0 aliphatic rings. The molecule has 58 valence electrons. The smallest absolute Gasteiger partial charge is 0.283 e. The average molecular weight is 152 g/mol. The van der Waals surface area contributed by atoms with Gasteiger partial charge in [-0.1, -0.05) is 0 Å². The molecular formula is C7H8N2O2. The highest BCUT2D eigenvalue weighted by Gasteiger charge is 2.06. The highest BCUT2D eigenvalue weighted by Crippen LogP contribution is 2.02. The van der Waals surface area contributed by atoms with Crippen LogP contribution in [0.15, 0.2) is 9.32 Å². The summed E-state index contributed by atoms with van der Waals surface area (Å²) in [5.74, 6) is 0.574. The minimum atomic E-state index is -0.224. The lowest BCUT2D eigenvalue weighted by molar-refractivity contribution is 0.391. The molecule has 1 heterocycles. The molecule has 0 radical (unpaired) electrons. The molecule has 11 heavy (non-hydrogen) atoms. The molecule has 1 rings (SSSR count). The SMILES string of the molecule is Cc1o[nH]c(=O)c1CCC#N. The molecular weight excluding hydrogens is 144 g/mol. The number of rotatable bonds is 2. The van der Waals surface area contributed by atoms with Gasteiger partial charge in [0, 0.05) is 6.42 Å². The van der Waals surface area contributed by atoms with E-state index >= 15 is 0 Å². The van der Waals surface area contributed by atoms with E-state index in [1.54, 1.807) is 6.92 Å². The number of hydrogen-bond donors (Lipinski definition) is 1. The van der Waals surface area contributed by atoms with Crippen LogP contribution in [0.5, 0.6) is 0 Å². The van der Waals surface area contributed by atoms with Gasteiger partial charge in [0.2, 0.25) is 0 Å². The Morgan fingerprint density at radius 2 is 2.45 bits per heavy atom. The van der Waals surface area contributed by atoms with Crippen LogP contribution in [0.25, 0.3) is 0 Å². The largest absolute Gasteiger partial charge is 0.384 e. The fraction of sp³-hybridized carbons (Fsp3) is 0.429. The molecule has 0 bridgehead atoms.